The molecular formula is C18H28N2. The van der Waals surface area contributed by atoms with Crippen molar-refractivity contribution < 1.29 is 0 Å². The van der Waals surface area contributed by atoms with E-state index in [9.17, 15) is 0 Å². The molecule has 0 unspecified atom stereocenters. The Morgan fingerprint density at radius 3 is 2.50 bits per heavy atom. The Labute approximate surface area is 123 Å². The van der Waals surface area contributed by atoms with Crippen LogP contribution in [0.3, 0.4) is 0 Å². The number of nitrogens with one attached hydrogen (secondary N) is 2. The Morgan fingerprint density at radius 2 is 1.90 bits per heavy atom. The summed E-state index contributed by atoms with van der Waals surface area (Å²) in [4.78, 5) is 3.51. The molecule has 0 saturated carbocycles. The molecule has 0 spiro atoms. The van der Waals surface area contributed by atoms with Gasteiger partial charge in [-0.1, -0.05) is 19.9 Å². The molecule has 2 aromatic rings. The molecular weight excluding hydrogens is 244 g/mol. The van der Waals surface area contributed by atoms with E-state index in [2.05, 4.69) is 70.0 Å². The van der Waals surface area contributed by atoms with Crippen molar-refractivity contribution in [1.82, 2.24) is 10.3 Å². The number of aromatic nitrogens is 1. The summed E-state index contributed by atoms with van der Waals surface area (Å²) in [5, 5.41) is 4.97. The van der Waals surface area contributed by atoms with Gasteiger partial charge in [-0.2, -0.15) is 0 Å². The fourth-order valence-electron chi connectivity index (χ4n) is 2.64. The first-order valence-corrected chi connectivity index (χ1v) is 7.64. The quantitative estimate of drug-likeness (QED) is 0.841. The second-order valence-corrected chi connectivity index (χ2v) is 7.12. The van der Waals surface area contributed by atoms with Crippen molar-refractivity contribution in [1.29, 1.82) is 0 Å². The Hall–Kier alpha value is -1.28. The molecule has 1 aromatic carbocycles. The second kappa shape index (κ2) is 5.61. The molecule has 2 rings (SSSR count). The Balaban J connectivity index is 2.27. The molecule has 0 bridgehead atoms. The summed E-state index contributed by atoms with van der Waals surface area (Å²) >= 11 is 0. The number of aromatic amines is 1. The van der Waals surface area contributed by atoms with Crippen molar-refractivity contribution in [2.75, 3.05) is 6.54 Å². The molecule has 0 amide bonds. The normalized spacial score (nSPS) is 12.6. The summed E-state index contributed by atoms with van der Waals surface area (Å²) < 4.78 is 0. The van der Waals surface area contributed by atoms with E-state index < -0.39 is 0 Å². The minimum Gasteiger partial charge on any atom is -0.358 e. The number of rotatable bonds is 4. The van der Waals surface area contributed by atoms with Gasteiger partial charge in [-0.05, 0) is 69.8 Å². The van der Waals surface area contributed by atoms with E-state index in [0.29, 0.717) is 5.92 Å². The third-order valence-electron chi connectivity index (χ3n) is 3.84. The van der Waals surface area contributed by atoms with E-state index in [1.165, 1.54) is 27.7 Å². The minimum absolute atomic E-state index is 0.184. The van der Waals surface area contributed by atoms with Crippen LogP contribution in [0.2, 0.25) is 0 Å². The Kier molecular flexibility index (Phi) is 4.24. The molecule has 2 nitrogen and oxygen atoms in total. The summed E-state index contributed by atoms with van der Waals surface area (Å²) in [5.41, 5.74) is 5.62. The van der Waals surface area contributed by atoms with Gasteiger partial charge in [0.1, 0.15) is 0 Å². The molecule has 0 aliphatic heterocycles. The third kappa shape index (κ3) is 3.43. The monoisotopic (exact) mass is 272 g/mol. The number of aryl methyl sites for hydroxylation is 1. The van der Waals surface area contributed by atoms with Gasteiger partial charge >= 0.3 is 0 Å². The molecule has 0 atom stereocenters. The van der Waals surface area contributed by atoms with E-state index in [0.717, 1.165) is 13.0 Å². The summed E-state index contributed by atoms with van der Waals surface area (Å²) in [7, 11) is 0. The number of hydrogen-bond acceptors (Lipinski definition) is 1. The highest BCUT2D eigenvalue weighted by Gasteiger charge is 2.12. The van der Waals surface area contributed by atoms with Gasteiger partial charge in [0.25, 0.3) is 0 Å². The molecule has 1 heterocycles. The lowest BCUT2D eigenvalue weighted by molar-refractivity contribution is 0.429. The first-order valence-electron chi connectivity index (χ1n) is 7.64. The van der Waals surface area contributed by atoms with Gasteiger partial charge in [0.15, 0.2) is 0 Å². The number of fused-ring (bicyclic) bond motifs is 1. The summed E-state index contributed by atoms with van der Waals surface area (Å²) in [6.07, 6.45) is 1.07. The van der Waals surface area contributed by atoms with Gasteiger partial charge in [-0.25, -0.2) is 0 Å². The van der Waals surface area contributed by atoms with E-state index in [1.807, 2.05) is 0 Å². The molecule has 0 aliphatic carbocycles. The van der Waals surface area contributed by atoms with Crippen LogP contribution in [0.5, 0.6) is 0 Å². The molecule has 1 aromatic heterocycles. The fourth-order valence-corrected chi connectivity index (χ4v) is 2.64. The van der Waals surface area contributed by atoms with Crippen LogP contribution in [0.25, 0.3) is 10.9 Å². The van der Waals surface area contributed by atoms with E-state index in [4.69, 9.17) is 0 Å². The van der Waals surface area contributed by atoms with Gasteiger partial charge in [-0.3, -0.25) is 0 Å². The molecule has 0 fully saturated rings. The first kappa shape index (κ1) is 15.1. The van der Waals surface area contributed by atoms with E-state index >= 15 is 0 Å². The number of H-pyrrole nitrogens is 1. The van der Waals surface area contributed by atoms with Crippen LogP contribution in [0.4, 0.5) is 0 Å². The SMILES string of the molecule is Cc1[nH]c2ccc(C(C)C)cc2c1CCNC(C)(C)C. The average Bonchev–Trinajstić information content (AvgIpc) is 2.63. The van der Waals surface area contributed by atoms with Gasteiger partial charge in [0, 0.05) is 22.1 Å². The van der Waals surface area contributed by atoms with Crippen LogP contribution in [0.1, 0.15) is 57.4 Å². The van der Waals surface area contributed by atoms with Gasteiger partial charge < -0.3 is 10.3 Å². The van der Waals surface area contributed by atoms with Crippen LogP contribution < -0.4 is 5.32 Å². The smallest absolute Gasteiger partial charge is 0.0459 e. The first-order chi connectivity index (χ1) is 9.28. The highest BCUT2D eigenvalue weighted by Crippen LogP contribution is 2.26. The molecule has 2 heteroatoms. The standard InChI is InChI=1S/C18H28N2/c1-12(2)14-7-8-17-16(11-14)15(13(3)20-17)9-10-19-18(4,5)6/h7-8,11-12,19-20H,9-10H2,1-6H3. The van der Waals surface area contributed by atoms with Crippen molar-refractivity contribution in [3.05, 3.63) is 35.0 Å². The lowest BCUT2D eigenvalue weighted by atomic mass is 9.99. The van der Waals surface area contributed by atoms with E-state index in [1.54, 1.807) is 0 Å². The lowest BCUT2D eigenvalue weighted by Crippen LogP contribution is -2.37. The molecule has 0 saturated heterocycles. The zero-order valence-corrected chi connectivity index (χ0v) is 13.7. The Morgan fingerprint density at radius 1 is 1.20 bits per heavy atom. The summed E-state index contributed by atoms with van der Waals surface area (Å²) in [5.74, 6) is 0.579. The van der Waals surface area contributed by atoms with Gasteiger partial charge in [0.05, 0.1) is 0 Å². The fraction of sp³-hybridized carbons (Fsp3) is 0.556. The van der Waals surface area contributed by atoms with Crippen LogP contribution in [-0.4, -0.2) is 17.1 Å². The highest BCUT2D eigenvalue weighted by atomic mass is 14.9. The van der Waals surface area contributed by atoms with Crippen molar-refractivity contribution in [2.45, 2.75) is 59.4 Å². The topological polar surface area (TPSA) is 27.8 Å². The van der Waals surface area contributed by atoms with E-state index in [-0.39, 0.29) is 5.54 Å². The molecule has 2 N–H and O–H groups in total. The van der Waals surface area contributed by atoms with Gasteiger partial charge in [0.2, 0.25) is 0 Å². The third-order valence-corrected chi connectivity index (χ3v) is 3.84. The van der Waals surface area contributed by atoms with Crippen LogP contribution in [0.15, 0.2) is 18.2 Å². The summed E-state index contributed by atoms with van der Waals surface area (Å²) in [6.45, 7) is 14.3. The minimum atomic E-state index is 0.184. The number of benzene rings is 1. The second-order valence-electron chi connectivity index (χ2n) is 7.12. The molecule has 20 heavy (non-hydrogen) atoms. The molecule has 0 aliphatic rings. The predicted octanol–water partition coefficient (Wildman–Crippen LogP) is 4.53. The Bertz CT molecular complexity index is 585. The molecule has 0 radical (unpaired) electrons. The zero-order chi connectivity index (χ0) is 14.9. The van der Waals surface area contributed by atoms with Crippen molar-refractivity contribution >= 4 is 10.9 Å². The lowest BCUT2D eigenvalue weighted by Gasteiger charge is -2.20. The van der Waals surface area contributed by atoms with Crippen molar-refractivity contribution in [2.24, 2.45) is 0 Å². The predicted molar refractivity (Wildman–Crippen MR) is 88.6 cm³/mol. The maximum atomic E-state index is 3.58. The summed E-state index contributed by atoms with van der Waals surface area (Å²) in [6, 6.07) is 6.81. The number of hydrogen-bond donors (Lipinski definition) is 2. The van der Waals surface area contributed by atoms with Crippen LogP contribution in [-0.2, 0) is 6.42 Å². The van der Waals surface area contributed by atoms with Crippen LogP contribution >= 0.6 is 0 Å². The van der Waals surface area contributed by atoms with Crippen LogP contribution in [0, 0.1) is 6.92 Å². The molecule has 110 valence electrons. The maximum absolute atomic E-state index is 3.58. The van der Waals surface area contributed by atoms with Crippen molar-refractivity contribution in [3.63, 3.8) is 0 Å². The largest absolute Gasteiger partial charge is 0.358 e. The highest BCUT2D eigenvalue weighted by molar-refractivity contribution is 5.85. The van der Waals surface area contributed by atoms with Crippen molar-refractivity contribution in [3.8, 4) is 0 Å². The van der Waals surface area contributed by atoms with Gasteiger partial charge in [-0.15, -0.1) is 0 Å². The average molecular weight is 272 g/mol. The zero-order valence-electron chi connectivity index (χ0n) is 13.7. The maximum Gasteiger partial charge on any atom is 0.0459 e.